The van der Waals surface area contributed by atoms with Gasteiger partial charge in [0.2, 0.25) is 11.8 Å². The summed E-state index contributed by atoms with van der Waals surface area (Å²) in [5.41, 5.74) is 0.736. The number of aromatic nitrogens is 2. The van der Waals surface area contributed by atoms with E-state index in [2.05, 4.69) is 10.2 Å². The van der Waals surface area contributed by atoms with Crippen LogP contribution in [0.1, 0.15) is 32.6 Å². The molecule has 1 aliphatic carbocycles. The first-order chi connectivity index (χ1) is 13.3. The lowest BCUT2D eigenvalue weighted by Gasteiger charge is -2.37. The smallest absolute Gasteiger partial charge is 0.282 e. The Morgan fingerprint density at radius 2 is 1.79 bits per heavy atom. The van der Waals surface area contributed by atoms with Gasteiger partial charge in [0.1, 0.15) is 0 Å². The van der Waals surface area contributed by atoms with Crippen LogP contribution in [0.25, 0.3) is 11.5 Å². The molecule has 0 amide bonds. The van der Waals surface area contributed by atoms with Crippen molar-refractivity contribution >= 4 is 21.8 Å². The third kappa shape index (κ3) is 4.23. The topological polar surface area (TPSA) is 88.8 Å². The summed E-state index contributed by atoms with van der Waals surface area (Å²) in [7, 11) is -3.64. The van der Waals surface area contributed by atoms with E-state index in [9.17, 15) is 8.42 Å². The first kappa shape index (κ1) is 19.8. The number of hydrogen-bond acceptors (Lipinski definition) is 6. The zero-order valence-electron chi connectivity index (χ0n) is 15.8. The second kappa shape index (κ2) is 7.72. The summed E-state index contributed by atoms with van der Waals surface area (Å²) in [5.74, 6) is 0.614. The molecule has 2 heterocycles. The maximum atomic E-state index is 13.3. The minimum Gasteiger partial charge on any atom is -0.419 e. The Kier molecular flexibility index (Phi) is 5.45. The highest BCUT2D eigenvalue weighted by atomic mass is 35.5. The molecular weight excluding hydrogens is 404 g/mol. The van der Waals surface area contributed by atoms with Gasteiger partial charge in [-0.15, -0.1) is 10.2 Å². The molecule has 1 aromatic heterocycles. The largest absolute Gasteiger partial charge is 0.419 e. The standard InChI is InChI=1S/C18H23ClN4O4S/c1-12-9-22(10-13(2)26-12)28(24,25)23(16-7-8-16)11-17-20-21-18(27-17)14-3-5-15(19)6-4-14/h3-6,12-13,16H,7-11H2,1-2H3. The minimum atomic E-state index is -3.64. The number of hydrogen-bond donors (Lipinski definition) is 0. The SMILES string of the molecule is CC1CN(S(=O)(=O)N(Cc2nnc(-c3ccc(Cl)cc3)o2)C2CC2)CC(C)O1. The average Bonchev–Trinajstić information content (AvgIpc) is 3.37. The van der Waals surface area contributed by atoms with Gasteiger partial charge in [-0.2, -0.15) is 17.0 Å². The lowest BCUT2D eigenvalue weighted by Crippen LogP contribution is -2.53. The molecule has 1 aromatic carbocycles. The summed E-state index contributed by atoms with van der Waals surface area (Å²) in [6.45, 7) is 4.52. The number of rotatable bonds is 6. The maximum absolute atomic E-state index is 13.3. The molecule has 2 atom stereocenters. The second-order valence-corrected chi connectivity index (χ2v) is 9.68. The van der Waals surface area contributed by atoms with Crippen molar-refractivity contribution in [1.82, 2.24) is 18.8 Å². The maximum Gasteiger partial charge on any atom is 0.282 e. The first-order valence-corrected chi connectivity index (χ1v) is 11.1. The van der Waals surface area contributed by atoms with Gasteiger partial charge in [0, 0.05) is 29.7 Å². The van der Waals surface area contributed by atoms with Crippen molar-refractivity contribution < 1.29 is 17.6 Å². The molecule has 1 saturated heterocycles. The molecule has 2 unspecified atom stereocenters. The van der Waals surface area contributed by atoms with Crippen LogP contribution in [0.2, 0.25) is 5.02 Å². The average molecular weight is 427 g/mol. The van der Waals surface area contributed by atoms with Gasteiger partial charge >= 0.3 is 0 Å². The zero-order valence-corrected chi connectivity index (χ0v) is 17.4. The molecule has 10 heteroatoms. The van der Waals surface area contributed by atoms with Crippen molar-refractivity contribution in [2.75, 3.05) is 13.1 Å². The van der Waals surface area contributed by atoms with Gasteiger partial charge in [-0.25, -0.2) is 0 Å². The lowest BCUT2D eigenvalue weighted by molar-refractivity contribution is -0.0456. The van der Waals surface area contributed by atoms with Crippen molar-refractivity contribution in [2.45, 2.75) is 51.5 Å². The van der Waals surface area contributed by atoms with Crippen LogP contribution in [0.4, 0.5) is 0 Å². The van der Waals surface area contributed by atoms with Gasteiger partial charge in [0.05, 0.1) is 18.8 Å². The second-order valence-electron chi connectivity index (χ2n) is 7.37. The zero-order chi connectivity index (χ0) is 19.9. The van der Waals surface area contributed by atoms with Gasteiger partial charge in [-0.3, -0.25) is 0 Å². The summed E-state index contributed by atoms with van der Waals surface area (Å²) >= 11 is 5.91. The summed E-state index contributed by atoms with van der Waals surface area (Å²) < 4.78 is 40.9. The molecule has 4 rings (SSSR count). The molecule has 152 valence electrons. The predicted octanol–water partition coefficient (Wildman–Crippen LogP) is 2.71. The Morgan fingerprint density at radius 3 is 2.39 bits per heavy atom. The summed E-state index contributed by atoms with van der Waals surface area (Å²) in [6, 6.07) is 7.02. The number of morpholine rings is 1. The third-order valence-electron chi connectivity index (χ3n) is 4.81. The van der Waals surface area contributed by atoms with E-state index in [-0.39, 0.29) is 30.7 Å². The third-order valence-corrected chi connectivity index (χ3v) is 7.03. The van der Waals surface area contributed by atoms with Crippen LogP contribution in [0, 0.1) is 0 Å². The molecule has 1 saturated carbocycles. The molecule has 0 bridgehead atoms. The molecule has 2 aliphatic rings. The predicted molar refractivity (Wildman–Crippen MR) is 104 cm³/mol. The van der Waals surface area contributed by atoms with Crippen LogP contribution in [0.15, 0.2) is 28.7 Å². The number of halogens is 1. The van der Waals surface area contributed by atoms with E-state index < -0.39 is 10.2 Å². The van der Waals surface area contributed by atoms with E-state index in [1.54, 1.807) is 24.3 Å². The Bertz CT molecular complexity index is 919. The molecule has 2 fully saturated rings. The van der Waals surface area contributed by atoms with Gasteiger partial charge in [0.15, 0.2) is 0 Å². The van der Waals surface area contributed by atoms with Crippen molar-refractivity contribution in [3.63, 3.8) is 0 Å². The highest BCUT2D eigenvalue weighted by Crippen LogP contribution is 2.33. The quantitative estimate of drug-likeness (QED) is 0.705. The van der Waals surface area contributed by atoms with Crippen molar-refractivity contribution in [3.8, 4) is 11.5 Å². The molecule has 1 aliphatic heterocycles. The van der Waals surface area contributed by atoms with Crippen LogP contribution in [-0.4, -0.2) is 58.6 Å². The molecule has 2 aromatic rings. The molecule has 0 spiro atoms. The molecule has 8 nitrogen and oxygen atoms in total. The first-order valence-electron chi connectivity index (χ1n) is 9.33. The van der Waals surface area contributed by atoms with E-state index in [1.807, 2.05) is 13.8 Å². The summed E-state index contributed by atoms with van der Waals surface area (Å²) in [6.07, 6.45) is 1.40. The van der Waals surface area contributed by atoms with E-state index in [1.165, 1.54) is 8.61 Å². The van der Waals surface area contributed by atoms with Gasteiger partial charge < -0.3 is 9.15 Å². The highest BCUT2D eigenvalue weighted by molar-refractivity contribution is 7.86. The molecule has 0 radical (unpaired) electrons. The molecule has 28 heavy (non-hydrogen) atoms. The minimum absolute atomic E-state index is 0.0238. The Hall–Kier alpha value is -1.52. The van der Waals surface area contributed by atoms with Gasteiger partial charge in [-0.05, 0) is 51.0 Å². The van der Waals surface area contributed by atoms with Crippen LogP contribution >= 0.6 is 11.6 Å². The highest BCUT2D eigenvalue weighted by Gasteiger charge is 2.43. The van der Waals surface area contributed by atoms with E-state index in [0.29, 0.717) is 24.0 Å². The fourth-order valence-electron chi connectivity index (χ4n) is 3.39. The number of benzene rings is 1. The lowest BCUT2D eigenvalue weighted by atomic mass is 10.2. The summed E-state index contributed by atoms with van der Waals surface area (Å²) in [4.78, 5) is 0. The van der Waals surface area contributed by atoms with E-state index in [0.717, 1.165) is 18.4 Å². The Morgan fingerprint density at radius 1 is 1.14 bits per heavy atom. The van der Waals surface area contributed by atoms with Crippen LogP contribution in [0.5, 0.6) is 0 Å². The number of nitrogens with zero attached hydrogens (tertiary/aromatic N) is 4. The van der Waals surface area contributed by atoms with E-state index >= 15 is 0 Å². The fourth-order valence-corrected chi connectivity index (χ4v) is 5.47. The van der Waals surface area contributed by atoms with E-state index in [4.69, 9.17) is 20.8 Å². The Balaban J connectivity index is 1.54. The van der Waals surface area contributed by atoms with Gasteiger partial charge in [0.25, 0.3) is 10.2 Å². The fraction of sp³-hybridized carbons (Fsp3) is 0.556. The summed E-state index contributed by atoms with van der Waals surface area (Å²) in [5, 5.41) is 8.72. The van der Waals surface area contributed by atoms with Crippen LogP contribution in [0.3, 0.4) is 0 Å². The van der Waals surface area contributed by atoms with Crippen molar-refractivity contribution in [3.05, 3.63) is 35.2 Å². The van der Waals surface area contributed by atoms with Gasteiger partial charge in [-0.1, -0.05) is 11.6 Å². The monoisotopic (exact) mass is 426 g/mol. The van der Waals surface area contributed by atoms with Crippen LogP contribution < -0.4 is 0 Å². The normalized spacial score (nSPS) is 24.0. The van der Waals surface area contributed by atoms with Crippen molar-refractivity contribution in [1.29, 1.82) is 0 Å². The number of ether oxygens (including phenoxy) is 1. The molecule has 0 N–H and O–H groups in total. The molecular formula is C18H23ClN4O4S. The Labute approximate surface area is 169 Å². The van der Waals surface area contributed by atoms with Crippen LogP contribution in [-0.2, 0) is 21.5 Å². The van der Waals surface area contributed by atoms with Crippen molar-refractivity contribution in [2.24, 2.45) is 0 Å².